The van der Waals surface area contributed by atoms with Crippen LogP contribution < -0.4 is 4.74 Å². The zero-order valence-electron chi connectivity index (χ0n) is 10.7. The predicted molar refractivity (Wildman–Crippen MR) is 68.3 cm³/mol. The summed E-state index contributed by atoms with van der Waals surface area (Å²) in [6, 6.07) is 9.28. The molecule has 4 nitrogen and oxygen atoms in total. The molecule has 4 heteroatoms. The lowest BCUT2D eigenvalue weighted by Crippen LogP contribution is -2.14. The van der Waals surface area contributed by atoms with E-state index in [1.165, 1.54) is 6.26 Å². The summed E-state index contributed by atoms with van der Waals surface area (Å²) in [4.78, 5) is 11.6. The van der Waals surface area contributed by atoms with Gasteiger partial charge in [-0.3, -0.25) is 0 Å². The Hall–Kier alpha value is -1.97. The van der Waals surface area contributed by atoms with Gasteiger partial charge in [-0.2, -0.15) is 0 Å². The summed E-state index contributed by atoms with van der Waals surface area (Å²) < 4.78 is 15.5. The lowest BCUT2D eigenvalue weighted by molar-refractivity contribution is -0.139. The van der Waals surface area contributed by atoms with Crippen molar-refractivity contribution in [2.75, 3.05) is 19.8 Å². The van der Waals surface area contributed by atoms with Crippen LogP contribution in [0, 0.1) is 0 Å². The molecule has 0 heterocycles. The third kappa shape index (κ3) is 4.91. The first-order valence-corrected chi connectivity index (χ1v) is 5.93. The molecule has 0 saturated heterocycles. The number of benzene rings is 1. The van der Waals surface area contributed by atoms with Crippen molar-refractivity contribution in [3.05, 3.63) is 42.2 Å². The monoisotopic (exact) mass is 250 g/mol. The molecule has 0 N–H and O–H groups in total. The quantitative estimate of drug-likeness (QED) is 0.424. The van der Waals surface area contributed by atoms with Crippen molar-refractivity contribution in [2.45, 2.75) is 13.8 Å². The minimum absolute atomic E-state index is 0.128. The number of rotatable bonds is 7. The Kier molecular flexibility index (Phi) is 6.40. The van der Waals surface area contributed by atoms with Gasteiger partial charge in [0.2, 0.25) is 0 Å². The lowest BCUT2D eigenvalue weighted by Gasteiger charge is -2.09. The maximum absolute atomic E-state index is 11.6. The molecule has 0 amide bonds. The minimum atomic E-state index is -0.415. The van der Waals surface area contributed by atoms with Crippen LogP contribution in [0.25, 0.3) is 0 Å². The molecule has 1 rings (SSSR count). The molecule has 0 aliphatic rings. The van der Waals surface area contributed by atoms with E-state index in [0.717, 1.165) is 0 Å². The highest BCUT2D eigenvalue weighted by molar-refractivity contribution is 5.88. The number of carbonyl (C=O) groups excluding carboxylic acids is 1. The van der Waals surface area contributed by atoms with Crippen molar-refractivity contribution in [1.82, 2.24) is 0 Å². The van der Waals surface area contributed by atoms with Crippen molar-refractivity contribution < 1.29 is 19.0 Å². The van der Waals surface area contributed by atoms with E-state index < -0.39 is 5.97 Å². The molecule has 0 aliphatic heterocycles. The molecule has 0 radical (unpaired) electrons. The molecule has 0 unspecified atom stereocenters. The molecule has 0 aromatic heterocycles. The average molecular weight is 250 g/mol. The molecule has 0 spiro atoms. The Morgan fingerprint density at radius 3 is 2.50 bits per heavy atom. The van der Waals surface area contributed by atoms with E-state index in [-0.39, 0.29) is 6.61 Å². The van der Waals surface area contributed by atoms with Crippen molar-refractivity contribution in [2.24, 2.45) is 0 Å². The summed E-state index contributed by atoms with van der Waals surface area (Å²) in [5.41, 5.74) is 0.363. The molecular weight excluding hydrogens is 232 g/mol. The molecule has 0 fully saturated rings. The van der Waals surface area contributed by atoms with Gasteiger partial charge in [0.15, 0.2) is 0 Å². The van der Waals surface area contributed by atoms with Crippen LogP contribution in [0.5, 0.6) is 5.75 Å². The number of ether oxygens (including phenoxy) is 3. The van der Waals surface area contributed by atoms with E-state index in [4.69, 9.17) is 14.2 Å². The van der Waals surface area contributed by atoms with Crippen molar-refractivity contribution >= 4 is 5.97 Å². The fraction of sp³-hybridized carbons (Fsp3) is 0.357. The van der Waals surface area contributed by atoms with Crippen LogP contribution in [0.1, 0.15) is 13.8 Å². The van der Waals surface area contributed by atoms with E-state index in [9.17, 15) is 4.79 Å². The molecule has 0 atom stereocenters. The minimum Gasteiger partial charge on any atom is -0.501 e. The molecular formula is C14H18O4. The Morgan fingerprint density at radius 1 is 1.17 bits per heavy atom. The second-order valence-electron chi connectivity index (χ2n) is 3.42. The molecule has 1 aromatic carbocycles. The Bertz CT molecular complexity index is 384. The highest BCUT2D eigenvalue weighted by Gasteiger charge is 2.12. The van der Waals surface area contributed by atoms with E-state index in [2.05, 4.69) is 0 Å². The Labute approximate surface area is 107 Å². The van der Waals surface area contributed by atoms with Crippen LogP contribution in [0.4, 0.5) is 0 Å². The first kappa shape index (κ1) is 14.1. The number of para-hydroxylation sites is 1. The fourth-order valence-electron chi connectivity index (χ4n) is 1.23. The molecule has 0 bridgehead atoms. The standard InChI is InChI=1S/C14H18O4/c1-3-16-10-12(14(15)17-4-2)11-18-13-8-6-5-7-9-13/h5-10H,3-4,11H2,1-2H3/b12-10+. The first-order chi connectivity index (χ1) is 8.77. The van der Waals surface area contributed by atoms with Gasteiger partial charge in [-0.1, -0.05) is 18.2 Å². The van der Waals surface area contributed by atoms with Gasteiger partial charge < -0.3 is 14.2 Å². The topological polar surface area (TPSA) is 44.8 Å². The van der Waals surface area contributed by atoms with Gasteiger partial charge in [0.05, 0.1) is 19.5 Å². The summed E-state index contributed by atoms with van der Waals surface area (Å²) in [5.74, 6) is 0.283. The fourth-order valence-corrected chi connectivity index (χ4v) is 1.23. The maximum Gasteiger partial charge on any atom is 0.340 e. The number of hydrogen-bond acceptors (Lipinski definition) is 4. The van der Waals surface area contributed by atoms with Crippen molar-refractivity contribution in [3.63, 3.8) is 0 Å². The average Bonchev–Trinajstić information content (AvgIpc) is 2.40. The van der Waals surface area contributed by atoms with Gasteiger partial charge in [0.25, 0.3) is 0 Å². The maximum atomic E-state index is 11.6. The number of carbonyl (C=O) groups is 1. The molecule has 0 aliphatic carbocycles. The van der Waals surface area contributed by atoms with Crippen molar-refractivity contribution in [3.8, 4) is 5.75 Å². The molecule has 18 heavy (non-hydrogen) atoms. The van der Waals surface area contributed by atoms with Crippen LogP contribution in [0.3, 0.4) is 0 Å². The zero-order valence-corrected chi connectivity index (χ0v) is 10.7. The van der Waals surface area contributed by atoms with E-state index in [1.54, 1.807) is 6.92 Å². The van der Waals surface area contributed by atoms with E-state index >= 15 is 0 Å². The first-order valence-electron chi connectivity index (χ1n) is 5.93. The normalized spacial score (nSPS) is 10.9. The van der Waals surface area contributed by atoms with Gasteiger partial charge in [-0.25, -0.2) is 4.79 Å². The van der Waals surface area contributed by atoms with Gasteiger partial charge >= 0.3 is 5.97 Å². The Morgan fingerprint density at radius 2 is 1.89 bits per heavy atom. The van der Waals surface area contributed by atoms with Crippen LogP contribution in [-0.4, -0.2) is 25.8 Å². The smallest absolute Gasteiger partial charge is 0.340 e. The molecule has 1 aromatic rings. The summed E-state index contributed by atoms with van der Waals surface area (Å²) >= 11 is 0. The van der Waals surface area contributed by atoms with E-state index in [1.807, 2.05) is 37.3 Å². The summed E-state index contributed by atoms with van der Waals surface area (Å²) in [6.45, 7) is 4.55. The van der Waals surface area contributed by atoms with Crippen LogP contribution >= 0.6 is 0 Å². The second-order valence-corrected chi connectivity index (χ2v) is 3.42. The highest BCUT2D eigenvalue weighted by atomic mass is 16.5. The third-order valence-electron chi connectivity index (χ3n) is 2.07. The third-order valence-corrected chi connectivity index (χ3v) is 2.07. The molecule has 0 saturated carbocycles. The molecule has 98 valence electrons. The largest absolute Gasteiger partial charge is 0.501 e. The van der Waals surface area contributed by atoms with Crippen LogP contribution in [-0.2, 0) is 14.3 Å². The number of esters is 1. The van der Waals surface area contributed by atoms with Crippen LogP contribution in [0.15, 0.2) is 42.2 Å². The van der Waals surface area contributed by atoms with Gasteiger partial charge in [0.1, 0.15) is 17.9 Å². The zero-order chi connectivity index (χ0) is 13.2. The highest BCUT2D eigenvalue weighted by Crippen LogP contribution is 2.10. The van der Waals surface area contributed by atoms with Gasteiger partial charge in [-0.05, 0) is 26.0 Å². The second kappa shape index (κ2) is 8.17. The van der Waals surface area contributed by atoms with Crippen LogP contribution in [0.2, 0.25) is 0 Å². The number of hydrogen-bond donors (Lipinski definition) is 0. The van der Waals surface area contributed by atoms with Gasteiger partial charge in [0, 0.05) is 0 Å². The summed E-state index contributed by atoms with van der Waals surface area (Å²) in [6.07, 6.45) is 1.39. The lowest BCUT2D eigenvalue weighted by atomic mass is 10.3. The predicted octanol–water partition coefficient (Wildman–Crippen LogP) is 2.55. The summed E-state index contributed by atoms with van der Waals surface area (Å²) in [5, 5.41) is 0. The SMILES string of the molecule is CCO/C=C(\COc1ccccc1)C(=O)OCC. The summed E-state index contributed by atoms with van der Waals surface area (Å²) in [7, 11) is 0. The van der Waals surface area contributed by atoms with Gasteiger partial charge in [-0.15, -0.1) is 0 Å². The van der Waals surface area contributed by atoms with Crippen molar-refractivity contribution in [1.29, 1.82) is 0 Å². The Balaban J connectivity index is 2.59. The van der Waals surface area contributed by atoms with E-state index in [0.29, 0.717) is 24.5 Å².